The Balaban J connectivity index is 2.14. The highest BCUT2D eigenvalue weighted by Gasteiger charge is 2.24. The Kier molecular flexibility index (Phi) is 2.28. The molecule has 0 unspecified atom stereocenters. The lowest BCUT2D eigenvalue weighted by Crippen LogP contribution is -2.04. The van der Waals surface area contributed by atoms with E-state index in [0.29, 0.717) is 5.57 Å². The Hall–Kier alpha value is -2.73. The Morgan fingerprint density at radius 1 is 1.28 bits per heavy atom. The molecule has 1 N–H and O–H groups in total. The molecule has 0 aliphatic carbocycles. The minimum atomic E-state index is -0.104. The van der Waals surface area contributed by atoms with Gasteiger partial charge in [0.2, 0.25) is 0 Å². The van der Waals surface area contributed by atoms with E-state index in [0.717, 1.165) is 16.8 Å². The largest absolute Gasteiger partial charge is 0.330 e. The van der Waals surface area contributed by atoms with Crippen molar-refractivity contribution >= 4 is 23.4 Å². The number of amides is 1. The second-order valence-electron chi connectivity index (χ2n) is 4.03. The minimum Gasteiger partial charge on any atom is -0.330 e. The van der Waals surface area contributed by atoms with E-state index < -0.39 is 0 Å². The van der Waals surface area contributed by atoms with E-state index in [1.807, 2.05) is 47.3 Å². The molecule has 1 aliphatic heterocycles. The van der Waals surface area contributed by atoms with Gasteiger partial charge in [-0.15, -0.1) is 6.42 Å². The van der Waals surface area contributed by atoms with Crippen molar-refractivity contribution in [2.24, 2.45) is 0 Å². The van der Waals surface area contributed by atoms with E-state index in [2.05, 4.69) is 11.2 Å². The van der Waals surface area contributed by atoms with Gasteiger partial charge in [0.05, 0.1) is 5.57 Å². The standard InChI is InChI=1S/C15H10N2O/c1-2-11-5-6-14-12(9-11)13(15(18)16-14)10-17-7-3-4-8-17/h1,3-10H,(H,16,18). The van der Waals surface area contributed by atoms with Gasteiger partial charge in [0.25, 0.3) is 5.91 Å². The summed E-state index contributed by atoms with van der Waals surface area (Å²) < 4.78 is 1.84. The van der Waals surface area contributed by atoms with Crippen LogP contribution in [0.2, 0.25) is 0 Å². The molecule has 86 valence electrons. The van der Waals surface area contributed by atoms with Gasteiger partial charge >= 0.3 is 0 Å². The summed E-state index contributed by atoms with van der Waals surface area (Å²) in [6.07, 6.45) is 10.9. The van der Waals surface area contributed by atoms with Crippen LogP contribution in [0.3, 0.4) is 0 Å². The third kappa shape index (κ3) is 1.61. The SMILES string of the molecule is C#Cc1ccc2c(c1)C(=Cn1cccc1)C(=O)N2. The molecule has 0 atom stereocenters. The molecule has 0 bridgehead atoms. The first-order valence-corrected chi connectivity index (χ1v) is 5.54. The van der Waals surface area contributed by atoms with Crippen LogP contribution < -0.4 is 5.32 Å². The molecule has 0 saturated heterocycles. The summed E-state index contributed by atoms with van der Waals surface area (Å²) in [5.41, 5.74) is 3.04. The smallest absolute Gasteiger partial charge is 0.257 e. The van der Waals surface area contributed by atoms with E-state index in [1.54, 1.807) is 6.20 Å². The highest BCUT2D eigenvalue weighted by Crippen LogP contribution is 2.32. The number of terminal acetylenes is 1. The first-order valence-electron chi connectivity index (χ1n) is 5.54. The van der Waals surface area contributed by atoms with Gasteiger partial charge < -0.3 is 9.88 Å². The highest BCUT2D eigenvalue weighted by molar-refractivity contribution is 6.34. The molecule has 0 fully saturated rings. The molecule has 1 aliphatic rings. The molecule has 3 nitrogen and oxygen atoms in total. The van der Waals surface area contributed by atoms with E-state index in [4.69, 9.17) is 6.42 Å². The highest BCUT2D eigenvalue weighted by atomic mass is 16.2. The van der Waals surface area contributed by atoms with Crippen LogP contribution in [0.5, 0.6) is 0 Å². The fourth-order valence-electron chi connectivity index (χ4n) is 1.99. The molecule has 1 aromatic carbocycles. The average Bonchev–Trinajstić information content (AvgIpc) is 2.99. The van der Waals surface area contributed by atoms with Gasteiger partial charge in [-0.3, -0.25) is 4.79 Å². The summed E-state index contributed by atoms with van der Waals surface area (Å²) in [6, 6.07) is 9.31. The zero-order chi connectivity index (χ0) is 12.5. The topological polar surface area (TPSA) is 34.0 Å². The molecule has 2 aromatic rings. The second-order valence-corrected chi connectivity index (χ2v) is 4.03. The number of aromatic nitrogens is 1. The van der Waals surface area contributed by atoms with E-state index >= 15 is 0 Å². The van der Waals surface area contributed by atoms with Crippen LogP contribution >= 0.6 is 0 Å². The van der Waals surface area contributed by atoms with Crippen molar-refractivity contribution in [2.75, 3.05) is 5.32 Å². The number of nitrogens with zero attached hydrogens (tertiary/aromatic N) is 1. The van der Waals surface area contributed by atoms with Crippen molar-refractivity contribution in [3.63, 3.8) is 0 Å². The van der Waals surface area contributed by atoms with Gasteiger partial charge in [0, 0.05) is 35.4 Å². The maximum atomic E-state index is 11.9. The summed E-state index contributed by atoms with van der Waals surface area (Å²) in [4.78, 5) is 11.9. The Bertz CT molecular complexity index is 688. The van der Waals surface area contributed by atoms with Crippen molar-refractivity contribution in [1.29, 1.82) is 0 Å². The number of fused-ring (bicyclic) bond motifs is 1. The maximum absolute atomic E-state index is 11.9. The molecule has 0 radical (unpaired) electrons. The zero-order valence-corrected chi connectivity index (χ0v) is 9.55. The molecular weight excluding hydrogens is 224 g/mol. The van der Waals surface area contributed by atoms with Gasteiger partial charge in [-0.1, -0.05) is 5.92 Å². The number of hydrogen-bond donors (Lipinski definition) is 1. The third-order valence-electron chi connectivity index (χ3n) is 2.87. The summed E-state index contributed by atoms with van der Waals surface area (Å²) >= 11 is 0. The number of carbonyl (C=O) groups is 1. The molecule has 0 saturated carbocycles. The fraction of sp³-hybridized carbons (Fsp3) is 0. The molecule has 3 heteroatoms. The zero-order valence-electron chi connectivity index (χ0n) is 9.55. The molecule has 2 heterocycles. The Labute approximate surface area is 105 Å². The van der Waals surface area contributed by atoms with Crippen LogP contribution in [0.15, 0.2) is 42.7 Å². The summed E-state index contributed by atoms with van der Waals surface area (Å²) in [7, 11) is 0. The quantitative estimate of drug-likeness (QED) is 0.596. The average molecular weight is 234 g/mol. The summed E-state index contributed by atoms with van der Waals surface area (Å²) in [5.74, 6) is 2.47. The first kappa shape index (κ1) is 10.4. The number of hydrogen-bond acceptors (Lipinski definition) is 1. The normalized spacial score (nSPS) is 15.3. The molecule has 18 heavy (non-hydrogen) atoms. The molecule has 0 spiro atoms. The second kappa shape index (κ2) is 3.94. The van der Waals surface area contributed by atoms with E-state index in [-0.39, 0.29) is 5.91 Å². The lowest BCUT2D eigenvalue weighted by Gasteiger charge is -2.00. The van der Waals surface area contributed by atoms with Crippen molar-refractivity contribution in [2.45, 2.75) is 0 Å². The molecule has 1 amide bonds. The van der Waals surface area contributed by atoms with Gasteiger partial charge in [-0.25, -0.2) is 0 Å². The van der Waals surface area contributed by atoms with Crippen molar-refractivity contribution in [3.05, 3.63) is 53.9 Å². The Morgan fingerprint density at radius 2 is 2.06 bits per heavy atom. The predicted octanol–water partition coefficient (Wildman–Crippen LogP) is 2.42. The molecule has 1 aromatic heterocycles. The van der Waals surface area contributed by atoms with Crippen molar-refractivity contribution in [3.8, 4) is 12.3 Å². The lowest BCUT2D eigenvalue weighted by atomic mass is 10.1. The van der Waals surface area contributed by atoms with Gasteiger partial charge in [0.1, 0.15) is 0 Å². The molecular formula is C15H10N2O. The van der Waals surface area contributed by atoms with Crippen molar-refractivity contribution < 1.29 is 4.79 Å². The maximum Gasteiger partial charge on any atom is 0.257 e. The first-order chi connectivity index (χ1) is 8.78. The van der Waals surface area contributed by atoms with Crippen LogP contribution in [0.25, 0.3) is 11.8 Å². The third-order valence-corrected chi connectivity index (χ3v) is 2.87. The number of anilines is 1. The predicted molar refractivity (Wildman–Crippen MR) is 71.6 cm³/mol. The Morgan fingerprint density at radius 3 is 2.78 bits per heavy atom. The number of carbonyl (C=O) groups excluding carboxylic acids is 1. The van der Waals surface area contributed by atoms with Crippen LogP contribution in [0.1, 0.15) is 11.1 Å². The van der Waals surface area contributed by atoms with E-state index in [9.17, 15) is 4.79 Å². The minimum absolute atomic E-state index is 0.104. The number of rotatable bonds is 1. The van der Waals surface area contributed by atoms with Crippen LogP contribution in [-0.2, 0) is 4.79 Å². The van der Waals surface area contributed by atoms with Gasteiger partial charge in [-0.05, 0) is 30.3 Å². The summed E-state index contributed by atoms with van der Waals surface area (Å²) in [5, 5.41) is 2.82. The van der Waals surface area contributed by atoms with Gasteiger partial charge in [-0.2, -0.15) is 0 Å². The van der Waals surface area contributed by atoms with Crippen LogP contribution in [-0.4, -0.2) is 10.5 Å². The van der Waals surface area contributed by atoms with Crippen LogP contribution in [0, 0.1) is 12.3 Å². The summed E-state index contributed by atoms with van der Waals surface area (Å²) in [6.45, 7) is 0. The number of nitrogens with one attached hydrogen (secondary N) is 1. The number of benzene rings is 1. The van der Waals surface area contributed by atoms with E-state index in [1.165, 1.54) is 0 Å². The molecule has 3 rings (SSSR count). The fourth-order valence-corrected chi connectivity index (χ4v) is 1.99. The van der Waals surface area contributed by atoms with Crippen LogP contribution in [0.4, 0.5) is 5.69 Å². The van der Waals surface area contributed by atoms with Gasteiger partial charge in [0.15, 0.2) is 0 Å². The monoisotopic (exact) mass is 234 g/mol. The van der Waals surface area contributed by atoms with Crippen molar-refractivity contribution in [1.82, 2.24) is 4.57 Å². The lowest BCUT2D eigenvalue weighted by molar-refractivity contribution is -0.110.